The second kappa shape index (κ2) is 12.9. The van der Waals surface area contributed by atoms with Crippen LogP contribution in [0.3, 0.4) is 0 Å². The van der Waals surface area contributed by atoms with Gasteiger partial charge in [-0.25, -0.2) is 13.4 Å². The fourth-order valence-electron chi connectivity index (χ4n) is 6.22. The highest BCUT2D eigenvalue weighted by Gasteiger charge is 2.33. The number of β-amino-alcohol motifs (C(OH)–C–C–N with tert-alkyl or cyclic N) is 1. The SMILES string of the molecule is COc1c(Nc2ncc(Cl)c(Nc3ccccc3S(=O)(=O)N3CCC(O)C3)n2)ccc2c1CCC(N1CCOCC1)CC2. The number of nitrogens with zero attached hydrogens (tertiary/aromatic N) is 4. The first kappa shape index (κ1) is 30.0. The highest BCUT2D eigenvalue weighted by atomic mass is 35.5. The number of rotatable bonds is 8. The number of aromatic nitrogens is 2. The van der Waals surface area contributed by atoms with E-state index in [2.05, 4.69) is 31.6 Å². The van der Waals surface area contributed by atoms with E-state index in [1.807, 2.05) is 6.07 Å². The van der Waals surface area contributed by atoms with E-state index in [1.165, 1.54) is 27.7 Å². The van der Waals surface area contributed by atoms with Gasteiger partial charge in [0.25, 0.3) is 0 Å². The van der Waals surface area contributed by atoms with Gasteiger partial charge in [0.05, 0.1) is 44.0 Å². The van der Waals surface area contributed by atoms with E-state index in [0.717, 1.165) is 63.4 Å². The molecule has 13 heteroatoms. The number of nitrogens with one attached hydrogen (secondary N) is 2. The third-order valence-corrected chi connectivity index (χ3v) is 10.7. The van der Waals surface area contributed by atoms with Crippen LogP contribution in [0.25, 0.3) is 0 Å². The Bertz CT molecular complexity index is 1570. The van der Waals surface area contributed by atoms with Crippen molar-refractivity contribution in [3.8, 4) is 5.75 Å². The zero-order valence-electron chi connectivity index (χ0n) is 24.1. The van der Waals surface area contributed by atoms with Gasteiger partial charge in [0.2, 0.25) is 16.0 Å². The van der Waals surface area contributed by atoms with E-state index >= 15 is 0 Å². The number of aliphatic hydroxyl groups excluding tert-OH is 1. The van der Waals surface area contributed by atoms with Crippen LogP contribution in [0.1, 0.15) is 30.4 Å². The van der Waals surface area contributed by atoms with Gasteiger partial charge in [-0.3, -0.25) is 4.90 Å². The van der Waals surface area contributed by atoms with E-state index in [0.29, 0.717) is 18.2 Å². The molecule has 3 N–H and O–H groups in total. The number of hydrogen-bond donors (Lipinski definition) is 3. The molecule has 11 nitrogen and oxygen atoms in total. The number of hydrogen-bond acceptors (Lipinski definition) is 10. The van der Waals surface area contributed by atoms with Gasteiger partial charge in [0.1, 0.15) is 15.7 Å². The smallest absolute Gasteiger partial charge is 0.245 e. The number of anilines is 4. The van der Waals surface area contributed by atoms with Crippen molar-refractivity contribution in [3.05, 3.63) is 58.7 Å². The second-order valence-corrected chi connectivity index (χ2v) is 13.4. The Kier molecular flexibility index (Phi) is 9.03. The molecule has 6 rings (SSSR count). The van der Waals surface area contributed by atoms with Crippen molar-refractivity contribution in [1.82, 2.24) is 19.2 Å². The standard InChI is InChI=1S/C30H37ClN6O5S/c1-41-28-23-10-9-21(36-14-16-42-17-15-36)8-6-20(23)7-11-26(28)34-30-32-18-24(31)29(35-30)33-25-4-2-3-5-27(25)43(39,40)37-13-12-22(38)19-37/h2-5,7,11,18,21-22,38H,6,8-10,12-17,19H2,1H3,(H2,32,33,34,35). The molecule has 0 bridgehead atoms. The Morgan fingerprint density at radius 3 is 2.58 bits per heavy atom. The van der Waals surface area contributed by atoms with Crippen LogP contribution in [0, 0.1) is 0 Å². The molecule has 0 saturated carbocycles. The number of ether oxygens (including phenoxy) is 2. The van der Waals surface area contributed by atoms with Gasteiger partial charge in [-0.15, -0.1) is 0 Å². The molecule has 2 fully saturated rings. The first-order valence-corrected chi connectivity index (χ1v) is 16.5. The largest absolute Gasteiger partial charge is 0.494 e. The summed E-state index contributed by atoms with van der Waals surface area (Å²) in [6, 6.07) is 11.2. The molecule has 2 saturated heterocycles. The predicted octanol–water partition coefficient (Wildman–Crippen LogP) is 3.96. The number of benzene rings is 2. The molecule has 3 aromatic rings. The molecule has 2 aliphatic heterocycles. The lowest BCUT2D eigenvalue weighted by Crippen LogP contribution is -2.43. The summed E-state index contributed by atoms with van der Waals surface area (Å²) in [5.74, 6) is 1.32. The van der Waals surface area contributed by atoms with E-state index in [-0.39, 0.29) is 34.8 Å². The lowest BCUT2D eigenvalue weighted by atomic mass is 10.0. The van der Waals surface area contributed by atoms with Crippen molar-refractivity contribution in [2.75, 3.05) is 57.1 Å². The molecule has 1 aromatic heterocycles. The Hall–Kier alpha value is -3.00. The van der Waals surface area contributed by atoms with Crippen molar-refractivity contribution in [2.24, 2.45) is 0 Å². The highest BCUT2D eigenvalue weighted by molar-refractivity contribution is 7.89. The van der Waals surface area contributed by atoms with Crippen molar-refractivity contribution >= 4 is 44.8 Å². The Balaban J connectivity index is 1.23. The lowest BCUT2D eigenvalue weighted by molar-refractivity contribution is 0.0136. The molecule has 1 aliphatic carbocycles. The minimum absolute atomic E-state index is 0.0650. The molecule has 2 aromatic carbocycles. The molecule has 0 radical (unpaired) electrons. The van der Waals surface area contributed by atoms with Gasteiger partial charge in [0, 0.05) is 32.2 Å². The van der Waals surface area contributed by atoms with Crippen molar-refractivity contribution in [2.45, 2.75) is 49.1 Å². The summed E-state index contributed by atoms with van der Waals surface area (Å²) in [5.41, 5.74) is 3.56. The number of sulfonamides is 1. The number of aliphatic hydroxyl groups is 1. The summed E-state index contributed by atoms with van der Waals surface area (Å²) in [6.45, 7) is 3.87. The van der Waals surface area contributed by atoms with Crippen molar-refractivity contribution in [3.63, 3.8) is 0 Å². The van der Waals surface area contributed by atoms with Crippen molar-refractivity contribution in [1.29, 1.82) is 0 Å². The molecule has 3 aliphatic rings. The van der Waals surface area contributed by atoms with E-state index in [9.17, 15) is 13.5 Å². The summed E-state index contributed by atoms with van der Waals surface area (Å²) < 4.78 is 39.5. The minimum atomic E-state index is -3.84. The summed E-state index contributed by atoms with van der Waals surface area (Å²) in [6.07, 6.45) is 5.25. The topological polar surface area (TPSA) is 129 Å². The molecular weight excluding hydrogens is 592 g/mol. The lowest BCUT2D eigenvalue weighted by Gasteiger charge is -2.34. The fourth-order valence-corrected chi connectivity index (χ4v) is 8.00. The summed E-state index contributed by atoms with van der Waals surface area (Å²) in [7, 11) is -2.16. The van der Waals surface area contributed by atoms with Crippen LogP contribution in [-0.4, -0.2) is 91.3 Å². The maximum Gasteiger partial charge on any atom is 0.245 e. The highest BCUT2D eigenvalue weighted by Crippen LogP contribution is 2.38. The van der Waals surface area contributed by atoms with Gasteiger partial charge < -0.3 is 25.2 Å². The van der Waals surface area contributed by atoms with E-state index < -0.39 is 16.1 Å². The van der Waals surface area contributed by atoms with Crippen LogP contribution in [0.5, 0.6) is 5.75 Å². The number of morpholine rings is 1. The average Bonchev–Trinajstić information content (AvgIpc) is 3.35. The monoisotopic (exact) mass is 628 g/mol. The van der Waals surface area contributed by atoms with Crippen LogP contribution in [0.4, 0.5) is 23.1 Å². The molecule has 2 unspecified atom stereocenters. The van der Waals surface area contributed by atoms with Crippen LogP contribution >= 0.6 is 11.6 Å². The first-order valence-electron chi connectivity index (χ1n) is 14.7. The van der Waals surface area contributed by atoms with Crippen molar-refractivity contribution < 1.29 is 23.0 Å². The number of aryl methyl sites for hydroxylation is 1. The molecule has 230 valence electrons. The maximum absolute atomic E-state index is 13.4. The van der Waals surface area contributed by atoms with Crippen LogP contribution in [-0.2, 0) is 27.6 Å². The zero-order valence-corrected chi connectivity index (χ0v) is 25.7. The number of fused-ring (bicyclic) bond motifs is 1. The Labute approximate surface area is 257 Å². The molecule has 2 atom stereocenters. The Morgan fingerprint density at radius 2 is 1.81 bits per heavy atom. The fraction of sp³-hybridized carbons (Fsp3) is 0.467. The average molecular weight is 629 g/mol. The normalized spacial score (nSPS) is 21.7. The maximum atomic E-state index is 13.4. The quantitative estimate of drug-likeness (QED) is 0.315. The summed E-state index contributed by atoms with van der Waals surface area (Å²) in [4.78, 5) is 11.6. The second-order valence-electron chi connectivity index (χ2n) is 11.1. The van der Waals surface area contributed by atoms with Gasteiger partial charge in [-0.2, -0.15) is 9.29 Å². The van der Waals surface area contributed by atoms with Crippen LogP contribution in [0.2, 0.25) is 5.02 Å². The number of halogens is 1. The first-order chi connectivity index (χ1) is 20.8. The third-order valence-electron chi connectivity index (χ3n) is 8.47. The molecule has 0 spiro atoms. The van der Waals surface area contributed by atoms with Crippen LogP contribution < -0.4 is 15.4 Å². The predicted molar refractivity (Wildman–Crippen MR) is 165 cm³/mol. The number of methoxy groups -OCH3 is 1. The summed E-state index contributed by atoms with van der Waals surface area (Å²) in [5, 5.41) is 16.5. The van der Waals surface area contributed by atoms with Gasteiger partial charge in [-0.1, -0.05) is 29.8 Å². The zero-order chi connectivity index (χ0) is 30.0. The molecule has 0 amide bonds. The van der Waals surface area contributed by atoms with Gasteiger partial charge in [-0.05, 0) is 61.4 Å². The molecular formula is C30H37ClN6O5S. The van der Waals surface area contributed by atoms with Gasteiger partial charge in [0.15, 0.2) is 5.82 Å². The van der Waals surface area contributed by atoms with E-state index in [4.69, 9.17) is 21.1 Å². The minimum Gasteiger partial charge on any atom is -0.494 e. The third kappa shape index (κ3) is 6.45. The number of para-hydroxylation sites is 1. The van der Waals surface area contributed by atoms with Gasteiger partial charge >= 0.3 is 0 Å². The Morgan fingerprint density at radius 1 is 1.02 bits per heavy atom. The molecule has 3 heterocycles. The summed E-state index contributed by atoms with van der Waals surface area (Å²) >= 11 is 6.47. The molecule has 43 heavy (non-hydrogen) atoms. The van der Waals surface area contributed by atoms with E-state index in [1.54, 1.807) is 25.3 Å². The van der Waals surface area contributed by atoms with Crippen LogP contribution in [0.15, 0.2) is 47.5 Å².